The van der Waals surface area contributed by atoms with Gasteiger partial charge in [0.2, 0.25) is 5.91 Å². The molecule has 0 rings (SSSR count). The Labute approximate surface area is 446 Å². The number of phosphoric ester groups is 1. The van der Waals surface area contributed by atoms with Crippen LogP contribution >= 0.6 is 7.82 Å². The van der Waals surface area contributed by atoms with Crippen LogP contribution in [-0.2, 0) is 18.4 Å². The molecule has 1 amide bonds. The molecule has 0 saturated heterocycles. The van der Waals surface area contributed by atoms with E-state index < -0.39 is 20.0 Å². The second kappa shape index (κ2) is 53.8. The third kappa shape index (κ3) is 55.7. The number of nitrogens with one attached hydrogen (secondary N) is 1. The molecule has 0 heterocycles. The molecule has 2 N–H and O–H groups in total. The molecule has 0 fully saturated rings. The molecular weight excluding hydrogens is 912 g/mol. The second-order valence-corrected chi connectivity index (χ2v) is 23.1. The lowest BCUT2D eigenvalue weighted by Gasteiger charge is -2.30. The lowest BCUT2D eigenvalue weighted by Crippen LogP contribution is -2.46. The SMILES string of the molecule is CC/C=C\C/C=C\C/C=C\C/C=C\C/C=C\C/C=C\CCCCCCCCCCC(=O)NC(COP(=O)([O-])OCC[N+](C)(C)C)C(O)CCCCCCCCCCCCCCCCCCCCCCCCC. The molecule has 0 saturated carbocycles. The maximum absolute atomic E-state index is 13.0. The van der Waals surface area contributed by atoms with E-state index in [1.807, 2.05) is 21.1 Å². The minimum atomic E-state index is -4.58. The summed E-state index contributed by atoms with van der Waals surface area (Å²) in [6.07, 6.45) is 73.6. The number of phosphoric acid groups is 1. The summed E-state index contributed by atoms with van der Waals surface area (Å²) in [5, 5.41) is 14.0. The molecule has 0 aromatic carbocycles. The van der Waals surface area contributed by atoms with Gasteiger partial charge in [-0.2, -0.15) is 0 Å². The predicted octanol–water partition coefficient (Wildman–Crippen LogP) is 18.0. The van der Waals surface area contributed by atoms with Crippen molar-refractivity contribution in [1.29, 1.82) is 0 Å². The van der Waals surface area contributed by atoms with Gasteiger partial charge in [-0.15, -0.1) is 0 Å². The zero-order valence-electron chi connectivity index (χ0n) is 47.9. The van der Waals surface area contributed by atoms with Crippen molar-refractivity contribution in [3.8, 4) is 0 Å². The van der Waals surface area contributed by atoms with Gasteiger partial charge in [-0.1, -0.05) is 273 Å². The summed E-state index contributed by atoms with van der Waals surface area (Å²) in [5.41, 5.74) is 0. The highest BCUT2D eigenvalue weighted by Crippen LogP contribution is 2.38. The number of hydrogen-bond acceptors (Lipinski definition) is 6. The first-order valence-electron chi connectivity index (χ1n) is 30.3. The zero-order chi connectivity index (χ0) is 52.7. The Morgan fingerprint density at radius 1 is 0.500 bits per heavy atom. The summed E-state index contributed by atoms with van der Waals surface area (Å²) >= 11 is 0. The standard InChI is InChI=1S/C63H117N2O6P/c1-6-8-10-12-14-16-18-20-22-24-26-28-30-31-32-33-35-37-39-41-43-45-47-49-51-53-55-57-63(67)64-61(60-71-72(68,69)70-59-58-65(3,4)5)62(66)56-54-52-50-48-46-44-42-40-38-36-34-29-27-25-23-21-19-17-15-13-11-9-7-2/h8,10,14,16,20,22,26,28,31-32,35,37,61-62,66H,6-7,9,11-13,15,17-19,21,23-25,27,29-30,33-34,36,38-60H2,1-5H3,(H-,64,67,68,69)/b10-8-,16-14-,22-20-,28-26-,32-31-,37-35-. The summed E-state index contributed by atoms with van der Waals surface area (Å²) in [7, 11) is 1.30. The fourth-order valence-corrected chi connectivity index (χ4v) is 9.47. The van der Waals surface area contributed by atoms with Gasteiger partial charge in [-0.3, -0.25) is 9.36 Å². The smallest absolute Gasteiger partial charge is 0.268 e. The Balaban J connectivity index is 4.18. The summed E-state index contributed by atoms with van der Waals surface area (Å²) in [6, 6.07) is -0.811. The molecule has 0 aromatic heterocycles. The number of rotatable bonds is 55. The molecule has 3 atom stereocenters. The summed E-state index contributed by atoms with van der Waals surface area (Å²) in [5.74, 6) is -0.173. The summed E-state index contributed by atoms with van der Waals surface area (Å²) in [4.78, 5) is 25.6. The van der Waals surface area contributed by atoms with E-state index in [0.29, 0.717) is 23.9 Å². The molecule has 72 heavy (non-hydrogen) atoms. The van der Waals surface area contributed by atoms with Gasteiger partial charge in [-0.25, -0.2) is 0 Å². The van der Waals surface area contributed by atoms with Crippen LogP contribution in [-0.4, -0.2) is 68.5 Å². The molecule has 0 radical (unpaired) electrons. The maximum Gasteiger partial charge on any atom is 0.268 e. The number of carbonyl (C=O) groups is 1. The van der Waals surface area contributed by atoms with E-state index in [0.717, 1.165) is 83.5 Å². The molecule has 420 valence electrons. The normalized spacial score (nSPS) is 14.4. The monoisotopic (exact) mass is 1030 g/mol. The number of allylic oxidation sites excluding steroid dienone is 12. The highest BCUT2D eigenvalue weighted by atomic mass is 31.2. The second-order valence-electron chi connectivity index (χ2n) is 21.7. The van der Waals surface area contributed by atoms with Crippen molar-refractivity contribution in [3.63, 3.8) is 0 Å². The van der Waals surface area contributed by atoms with E-state index in [4.69, 9.17) is 9.05 Å². The Morgan fingerprint density at radius 3 is 1.24 bits per heavy atom. The highest BCUT2D eigenvalue weighted by Gasteiger charge is 2.24. The quantitative estimate of drug-likeness (QED) is 0.0272. The van der Waals surface area contributed by atoms with Crippen LogP contribution in [0.2, 0.25) is 0 Å². The van der Waals surface area contributed by atoms with E-state index in [1.54, 1.807) is 0 Å². The van der Waals surface area contributed by atoms with Crippen molar-refractivity contribution in [2.45, 2.75) is 283 Å². The average Bonchev–Trinajstić information content (AvgIpc) is 3.34. The van der Waals surface area contributed by atoms with Gasteiger partial charge >= 0.3 is 0 Å². The van der Waals surface area contributed by atoms with Gasteiger partial charge in [0.1, 0.15) is 13.2 Å². The lowest BCUT2D eigenvalue weighted by molar-refractivity contribution is -0.870. The Kier molecular flexibility index (Phi) is 52.2. The maximum atomic E-state index is 13.0. The zero-order valence-corrected chi connectivity index (χ0v) is 48.8. The summed E-state index contributed by atoms with van der Waals surface area (Å²) in [6.45, 7) is 4.62. The largest absolute Gasteiger partial charge is 0.756 e. The number of aliphatic hydroxyl groups excluding tert-OH is 1. The van der Waals surface area contributed by atoms with Crippen molar-refractivity contribution < 1.29 is 32.9 Å². The van der Waals surface area contributed by atoms with Gasteiger partial charge in [0.05, 0.1) is 39.9 Å². The van der Waals surface area contributed by atoms with Crippen LogP contribution in [0, 0.1) is 0 Å². The van der Waals surface area contributed by atoms with Crippen molar-refractivity contribution in [2.75, 3.05) is 40.9 Å². The van der Waals surface area contributed by atoms with Crippen molar-refractivity contribution in [3.05, 3.63) is 72.9 Å². The number of amides is 1. The molecule has 0 spiro atoms. The molecule has 0 aliphatic rings. The van der Waals surface area contributed by atoms with E-state index >= 15 is 0 Å². The number of quaternary nitrogens is 1. The number of aliphatic hydroxyl groups is 1. The number of unbranched alkanes of at least 4 members (excludes halogenated alkanes) is 30. The van der Waals surface area contributed by atoms with Gasteiger partial charge in [0, 0.05) is 6.42 Å². The number of nitrogens with zero attached hydrogens (tertiary/aromatic N) is 1. The van der Waals surface area contributed by atoms with Gasteiger partial charge in [0.15, 0.2) is 0 Å². The summed E-state index contributed by atoms with van der Waals surface area (Å²) < 4.78 is 23.5. The molecule has 3 unspecified atom stereocenters. The van der Waals surface area contributed by atoms with Crippen LogP contribution in [0.4, 0.5) is 0 Å². The topological polar surface area (TPSA) is 108 Å². The number of likely N-dealkylation sites (N-methyl/N-ethyl adjacent to an activating group) is 1. The fourth-order valence-electron chi connectivity index (χ4n) is 8.75. The van der Waals surface area contributed by atoms with Crippen molar-refractivity contribution >= 4 is 13.7 Å². The van der Waals surface area contributed by atoms with E-state index in [2.05, 4.69) is 92.1 Å². The lowest BCUT2D eigenvalue weighted by atomic mass is 10.0. The van der Waals surface area contributed by atoms with Gasteiger partial charge < -0.3 is 28.8 Å². The first kappa shape index (κ1) is 69.9. The first-order chi connectivity index (χ1) is 35.0. The minimum absolute atomic E-state index is 0.00763. The van der Waals surface area contributed by atoms with Crippen molar-refractivity contribution in [2.24, 2.45) is 0 Å². The van der Waals surface area contributed by atoms with Crippen LogP contribution in [0.5, 0.6) is 0 Å². The van der Waals surface area contributed by atoms with Crippen LogP contribution in [0.3, 0.4) is 0 Å². The first-order valence-corrected chi connectivity index (χ1v) is 31.7. The predicted molar refractivity (Wildman–Crippen MR) is 311 cm³/mol. The van der Waals surface area contributed by atoms with Crippen LogP contribution in [0.25, 0.3) is 0 Å². The van der Waals surface area contributed by atoms with Crippen molar-refractivity contribution in [1.82, 2.24) is 5.32 Å². The highest BCUT2D eigenvalue weighted by molar-refractivity contribution is 7.45. The Hall–Kier alpha value is -2.06. The third-order valence-electron chi connectivity index (χ3n) is 13.5. The average molecular weight is 1030 g/mol. The van der Waals surface area contributed by atoms with E-state index in [1.165, 1.54) is 161 Å². The molecule has 0 aliphatic carbocycles. The molecule has 9 heteroatoms. The van der Waals surface area contributed by atoms with E-state index in [-0.39, 0.29) is 19.1 Å². The number of carbonyl (C=O) groups excluding carboxylic acids is 1. The van der Waals surface area contributed by atoms with Crippen LogP contribution in [0.15, 0.2) is 72.9 Å². The Morgan fingerprint density at radius 2 is 0.847 bits per heavy atom. The van der Waals surface area contributed by atoms with Gasteiger partial charge in [0.25, 0.3) is 7.82 Å². The Bertz CT molecular complexity index is 1400. The van der Waals surface area contributed by atoms with Crippen LogP contribution < -0.4 is 10.2 Å². The van der Waals surface area contributed by atoms with Gasteiger partial charge in [-0.05, 0) is 64.2 Å². The van der Waals surface area contributed by atoms with E-state index in [9.17, 15) is 19.4 Å². The number of hydrogen-bond donors (Lipinski definition) is 2. The minimum Gasteiger partial charge on any atom is -0.756 e. The molecular formula is C63H117N2O6P. The van der Waals surface area contributed by atoms with Crippen LogP contribution in [0.1, 0.15) is 271 Å². The molecule has 0 bridgehead atoms. The molecule has 8 nitrogen and oxygen atoms in total. The third-order valence-corrected chi connectivity index (χ3v) is 14.4. The molecule has 0 aliphatic heterocycles. The fraction of sp³-hybridized carbons (Fsp3) is 0.794. The molecule has 0 aromatic rings.